The second kappa shape index (κ2) is 12.6. The van der Waals surface area contributed by atoms with Crippen molar-refractivity contribution < 1.29 is 0 Å². The van der Waals surface area contributed by atoms with Gasteiger partial charge in [0, 0.05) is 16.7 Å². The average molecular weight is 613 g/mol. The van der Waals surface area contributed by atoms with E-state index in [1.807, 2.05) is 84.9 Å². The van der Waals surface area contributed by atoms with Gasteiger partial charge in [0.15, 0.2) is 17.5 Å². The van der Waals surface area contributed by atoms with E-state index in [4.69, 9.17) is 15.0 Å². The second-order valence-corrected chi connectivity index (χ2v) is 11.6. The molecule has 0 radical (unpaired) electrons. The van der Waals surface area contributed by atoms with Gasteiger partial charge < -0.3 is 0 Å². The number of hydrogen-bond acceptors (Lipinski definition) is 4. The van der Waals surface area contributed by atoms with E-state index in [2.05, 4.69) is 91.0 Å². The molecule has 0 aliphatic rings. The minimum atomic E-state index is 0.630. The smallest absolute Gasteiger partial charge is 0.164 e. The van der Waals surface area contributed by atoms with Crippen molar-refractivity contribution in [3.63, 3.8) is 0 Å². The number of nitriles is 1. The Kier molecular flexibility index (Phi) is 7.54. The number of nitrogens with zero attached hydrogens (tertiary/aromatic N) is 4. The highest BCUT2D eigenvalue weighted by atomic mass is 15.0. The Morgan fingerprint density at radius 3 is 1.35 bits per heavy atom. The second-order valence-electron chi connectivity index (χ2n) is 11.6. The molecule has 1 heterocycles. The Balaban J connectivity index is 1.21. The number of aromatic nitrogens is 3. The summed E-state index contributed by atoms with van der Waals surface area (Å²) in [6, 6.07) is 60.1. The maximum Gasteiger partial charge on any atom is 0.164 e. The zero-order valence-corrected chi connectivity index (χ0v) is 26.0. The summed E-state index contributed by atoms with van der Waals surface area (Å²) >= 11 is 0. The van der Waals surface area contributed by atoms with Crippen LogP contribution in [0.25, 0.3) is 78.3 Å². The minimum Gasteiger partial charge on any atom is -0.208 e. The van der Waals surface area contributed by atoms with Gasteiger partial charge in [-0.3, -0.25) is 0 Å². The summed E-state index contributed by atoms with van der Waals surface area (Å²) in [6.07, 6.45) is 0. The van der Waals surface area contributed by atoms with Crippen molar-refractivity contribution in [3.8, 4) is 73.6 Å². The summed E-state index contributed by atoms with van der Waals surface area (Å²) in [7, 11) is 0. The Hall–Kier alpha value is -6.70. The van der Waals surface area contributed by atoms with Gasteiger partial charge >= 0.3 is 0 Å². The largest absolute Gasteiger partial charge is 0.208 e. The third-order valence-corrected chi connectivity index (χ3v) is 8.60. The fourth-order valence-electron chi connectivity index (χ4n) is 6.13. The first kappa shape index (κ1) is 28.8. The van der Waals surface area contributed by atoms with Crippen molar-refractivity contribution in [2.24, 2.45) is 0 Å². The van der Waals surface area contributed by atoms with Crippen molar-refractivity contribution in [1.82, 2.24) is 15.0 Å². The molecule has 8 aromatic rings. The summed E-state index contributed by atoms with van der Waals surface area (Å²) in [6.45, 7) is 0. The van der Waals surface area contributed by atoms with Crippen LogP contribution in [-0.2, 0) is 0 Å². The Morgan fingerprint density at radius 1 is 0.354 bits per heavy atom. The van der Waals surface area contributed by atoms with Gasteiger partial charge in [-0.15, -0.1) is 0 Å². The van der Waals surface area contributed by atoms with E-state index in [9.17, 15) is 5.26 Å². The van der Waals surface area contributed by atoms with Gasteiger partial charge in [-0.25, -0.2) is 15.0 Å². The fraction of sp³-hybridized carbons (Fsp3) is 0. The third kappa shape index (κ3) is 5.62. The van der Waals surface area contributed by atoms with Crippen LogP contribution in [0.3, 0.4) is 0 Å². The highest BCUT2D eigenvalue weighted by molar-refractivity contribution is 6.04. The SMILES string of the molecule is N#Cc1ccc(-c2ccc(-c3ccc4ccccc4c3-c3ccc(-c4nc(-c5ccccc5)nc(-c5ccccc5)n4)cc3)cc2)cc1. The molecule has 0 amide bonds. The molecule has 0 aliphatic carbocycles. The maximum atomic E-state index is 9.18. The molecule has 0 saturated carbocycles. The average Bonchev–Trinajstić information content (AvgIpc) is 3.18. The standard InChI is InChI=1S/C44H28N4/c45-29-30-15-17-31(18-16-30)32-19-21-34(22-20-32)40-28-27-33-9-7-8-14-39(33)41(40)35-23-25-38(26-24-35)44-47-42(36-10-3-1-4-11-36)46-43(48-44)37-12-5-2-6-13-37/h1-28H. The van der Waals surface area contributed by atoms with Crippen molar-refractivity contribution in [2.75, 3.05) is 0 Å². The van der Waals surface area contributed by atoms with Gasteiger partial charge in [-0.1, -0.05) is 158 Å². The van der Waals surface area contributed by atoms with Crippen LogP contribution in [0, 0.1) is 11.3 Å². The molecule has 4 nitrogen and oxygen atoms in total. The van der Waals surface area contributed by atoms with Crippen LogP contribution in [-0.4, -0.2) is 15.0 Å². The number of hydrogen-bond donors (Lipinski definition) is 0. The zero-order valence-electron chi connectivity index (χ0n) is 26.0. The molecule has 7 aromatic carbocycles. The van der Waals surface area contributed by atoms with Crippen LogP contribution >= 0.6 is 0 Å². The first-order valence-corrected chi connectivity index (χ1v) is 15.8. The lowest BCUT2D eigenvalue weighted by Crippen LogP contribution is -2.00. The van der Waals surface area contributed by atoms with Crippen molar-refractivity contribution in [2.45, 2.75) is 0 Å². The predicted molar refractivity (Wildman–Crippen MR) is 195 cm³/mol. The lowest BCUT2D eigenvalue weighted by atomic mass is 9.89. The van der Waals surface area contributed by atoms with E-state index in [-0.39, 0.29) is 0 Å². The molecule has 4 heteroatoms. The first-order chi connectivity index (χ1) is 23.7. The van der Waals surface area contributed by atoms with Gasteiger partial charge in [-0.05, 0) is 56.3 Å². The molecule has 224 valence electrons. The molecule has 0 aliphatic heterocycles. The number of rotatable bonds is 6. The monoisotopic (exact) mass is 612 g/mol. The summed E-state index contributed by atoms with van der Waals surface area (Å²) < 4.78 is 0. The maximum absolute atomic E-state index is 9.18. The fourth-order valence-corrected chi connectivity index (χ4v) is 6.13. The molecule has 0 bridgehead atoms. The molecule has 0 unspecified atom stereocenters. The number of fused-ring (bicyclic) bond motifs is 1. The van der Waals surface area contributed by atoms with Crippen LogP contribution < -0.4 is 0 Å². The highest BCUT2D eigenvalue weighted by Gasteiger charge is 2.15. The normalized spacial score (nSPS) is 10.9. The van der Waals surface area contributed by atoms with Crippen molar-refractivity contribution in [3.05, 3.63) is 175 Å². The molecular formula is C44H28N4. The van der Waals surface area contributed by atoms with Gasteiger partial charge in [0.1, 0.15) is 0 Å². The minimum absolute atomic E-state index is 0.630. The third-order valence-electron chi connectivity index (χ3n) is 8.60. The van der Waals surface area contributed by atoms with E-state index in [0.717, 1.165) is 44.5 Å². The summed E-state index contributed by atoms with van der Waals surface area (Å²) in [5, 5.41) is 11.6. The van der Waals surface area contributed by atoms with Gasteiger partial charge in [0.25, 0.3) is 0 Å². The highest BCUT2D eigenvalue weighted by Crippen LogP contribution is 2.39. The van der Waals surface area contributed by atoms with E-state index in [0.29, 0.717) is 23.0 Å². The molecule has 8 rings (SSSR count). The van der Waals surface area contributed by atoms with Crippen molar-refractivity contribution >= 4 is 10.8 Å². The van der Waals surface area contributed by atoms with Gasteiger partial charge in [0.05, 0.1) is 11.6 Å². The van der Waals surface area contributed by atoms with E-state index < -0.39 is 0 Å². The van der Waals surface area contributed by atoms with Gasteiger partial charge in [-0.2, -0.15) is 5.26 Å². The topological polar surface area (TPSA) is 62.5 Å². The molecule has 0 spiro atoms. The Morgan fingerprint density at radius 2 is 0.792 bits per heavy atom. The van der Waals surface area contributed by atoms with E-state index in [1.165, 1.54) is 16.3 Å². The summed E-state index contributed by atoms with van der Waals surface area (Å²) in [5.41, 5.74) is 10.2. The van der Waals surface area contributed by atoms with Crippen LogP contribution in [0.1, 0.15) is 5.56 Å². The molecule has 0 N–H and O–H groups in total. The van der Waals surface area contributed by atoms with Crippen LogP contribution in [0.5, 0.6) is 0 Å². The Bertz CT molecular complexity index is 2350. The number of benzene rings is 7. The summed E-state index contributed by atoms with van der Waals surface area (Å²) in [5.74, 6) is 1.92. The molecule has 48 heavy (non-hydrogen) atoms. The van der Waals surface area contributed by atoms with Crippen LogP contribution in [0.4, 0.5) is 0 Å². The first-order valence-electron chi connectivity index (χ1n) is 15.8. The van der Waals surface area contributed by atoms with Crippen molar-refractivity contribution in [1.29, 1.82) is 5.26 Å². The quantitative estimate of drug-likeness (QED) is 0.187. The lowest BCUT2D eigenvalue weighted by Gasteiger charge is -2.15. The van der Waals surface area contributed by atoms with Crippen LogP contribution in [0.2, 0.25) is 0 Å². The summed E-state index contributed by atoms with van der Waals surface area (Å²) in [4.78, 5) is 14.7. The molecular weight excluding hydrogens is 585 g/mol. The molecule has 0 fully saturated rings. The lowest BCUT2D eigenvalue weighted by molar-refractivity contribution is 1.07. The zero-order chi connectivity index (χ0) is 32.3. The molecule has 0 atom stereocenters. The van der Waals surface area contributed by atoms with E-state index in [1.54, 1.807) is 0 Å². The van der Waals surface area contributed by atoms with E-state index >= 15 is 0 Å². The van der Waals surface area contributed by atoms with Gasteiger partial charge in [0.2, 0.25) is 0 Å². The van der Waals surface area contributed by atoms with Crippen LogP contribution in [0.15, 0.2) is 170 Å². The molecule has 0 saturated heterocycles. The molecule has 1 aromatic heterocycles. The predicted octanol–water partition coefficient (Wildman–Crippen LogP) is 10.9. The Labute approximate surface area is 279 Å².